The van der Waals surface area contributed by atoms with Crippen LogP contribution in [-0.2, 0) is 65.8 Å². The van der Waals surface area contributed by atoms with E-state index in [4.69, 9.17) is 4.74 Å². The summed E-state index contributed by atoms with van der Waals surface area (Å²) < 4.78 is 5.33. The number of rotatable bonds is 11. The molecule has 1 aromatic heterocycles. The molecule has 0 fully saturated rings. The van der Waals surface area contributed by atoms with Crippen LogP contribution in [0.4, 0.5) is 16.2 Å². The van der Waals surface area contributed by atoms with E-state index in [9.17, 15) is 43.8 Å². The average molecular weight is 951 g/mol. The second kappa shape index (κ2) is 23.5. The van der Waals surface area contributed by atoms with Crippen LogP contribution in [0.3, 0.4) is 0 Å². The van der Waals surface area contributed by atoms with Gasteiger partial charge in [0.2, 0.25) is 23.6 Å². The molecule has 8 N–H and O–H groups in total. The van der Waals surface area contributed by atoms with Crippen LogP contribution in [0.5, 0.6) is 0 Å². The third-order valence-electron chi connectivity index (χ3n) is 11.2. The van der Waals surface area contributed by atoms with Gasteiger partial charge in [-0.25, -0.2) is 9.59 Å². The quantitative estimate of drug-likeness (QED) is 0.0794. The number of carbonyl (C=O) groups is 7. The van der Waals surface area contributed by atoms with E-state index in [-0.39, 0.29) is 38.0 Å². The summed E-state index contributed by atoms with van der Waals surface area (Å²) in [7, 11) is 0. The number of carboxylic acids is 1. The zero-order chi connectivity index (χ0) is 48.7. The van der Waals surface area contributed by atoms with E-state index in [0.717, 1.165) is 21.6 Å². The number of nitrogens with one attached hydrogen (secondary N) is 6. The fourth-order valence-electron chi connectivity index (χ4n) is 7.52. The van der Waals surface area contributed by atoms with E-state index in [1.54, 1.807) is 84.2 Å². The first-order chi connectivity index (χ1) is 33.3. The van der Waals surface area contributed by atoms with Crippen molar-refractivity contribution < 1.29 is 48.5 Å². The average Bonchev–Trinajstić information content (AvgIpc) is 3.87. The number of benzene rings is 5. The van der Waals surface area contributed by atoms with Gasteiger partial charge in [0.05, 0.1) is 6.42 Å². The monoisotopic (exact) mass is 950 g/mol. The number of amides is 6. The molecule has 8 rings (SSSR count). The number of anilines is 2. The highest BCUT2D eigenvalue weighted by Gasteiger charge is 2.33. The Hall–Kier alpha value is -8.15. The van der Waals surface area contributed by atoms with Crippen molar-refractivity contribution in [2.45, 2.75) is 69.0 Å². The number of ether oxygens (including phenoxy) is 1. The lowest BCUT2D eigenvalue weighted by molar-refractivity contribution is -0.142. The minimum Gasteiger partial charge on any atom is -0.480 e. The summed E-state index contributed by atoms with van der Waals surface area (Å²) in [5, 5.41) is 38.8. The molecule has 2 aliphatic rings. The van der Waals surface area contributed by atoms with Crippen molar-refractivity contribution in [3.05, 3.63) is 178 Å². The van der Waals surface area contributed by atoms with Gasteiger partial charge >= 0.3 is 12.1 Å². The molecule has 5 atom stereocenters. The predicted octanol–water partition coefficient (Wildman–Crippen LogP) is 5.16. The molecule has 6 amide bonds. The van der Waals surface area contributed by atoms with Crippen LogP contribution < -0.4 is 31.9 Å². The van der Waals surface area contributed by atoms with Gasteiger partial charge in [-0.2, -0.15) is 0 Å². The molecular formula is C52H50N6O10S. The summed E-state index contributed by atoms with van der Waals surface area (Å²) in [6, 6.07) is 36.7. The van der Waals surface area contributed by atoms with E-state index in [0.29, 0.717) is 22.4 Å². The standard InChI is InChI=1S/C52H50N6O10S/c59-45-30-46(60)55-43(29-40-12-7-25-69-40)49(63)57-42(27-33-13-17-36(18-14-33)37-19-23-39(24-20-37)54-52(67)68-31-35-10-5-2-6-11-35)47(61)56-41(26-32-8-3-1-4-9-32)48(62)58-44(51(65)66)28-34-15-21-38(22-16-34)53-50(45)64/h1-25,41-45,59H,26-31H2,(H,53,64)(H,54,67)(H,55,60)(H,56,61)(H,57,63)(H,58,62)(H,65,66). The Labute approximate surface area is 401 Å². The Morgan fingerprint density at radius 3 is 1.71 bits per heavy atom. The Bertz CT molecular complexity index is 2720. The van der Waals surface area contributed by atoms with Gasteiger partial charge in [-0.3, -0.25) is 29.3 Å². The van der Waals surface area contributed by atoms with Crippen LogP contribution in [0.2, 0.25) is 0 Å². The smallest absolute Gasteiger partial charge is 0.411 e. The fourth-order valence-corrected chi connectivity index (χ4v) is 8.28. The topological polar surface area (TPSA) is 241 Å². The molecule has 0 aliphatic carbocycles. The largest absolute Gasteiger partial charge is 0.480 e. The maximum absolute atomic E-state index is 14.6. The van der Waals surface area contributed by atoms with Crippen molar-refractivity contribution >= 4 is 64.3 Å². The van der Waals surface area contributed by atoms with Gasteiger partial charge in [0.25, 0.3) is 5.91 Å². The third kappa shape index (κ3) is 14.4. The number of hydrogen-bond donors (Lipinski definition) is 8. The highest BCUT2D eigenvalue weighted by Crippen LogP contribution is 2.23. The minimum atomic E-state index is -1.80. The summed E-state index contributed by atoms with van der Waals surface area (Å²) >= 11 is 1.34. The fraction of sp³-hybridized carbons (Fsp3) is 0.212. The van der Waals surface area contributed by atoms with Crippen LogP contribution >= 0.6 is 11.3 Å². The van der Waals surface area contributed by atoms with Gasteiger partial charge in [0, 0.05) is 41.9 Å². The molecular weight excluding hydrogens is 901 g/mol. The predicted molar refractivity (Wildman–Crippen MR) is 259 cm³/mol. The Balaban J connectivity index is 1.15. The highest BCUT2D eigenvalue weighted by atomic mass is 32.1. The number of thiophene rings is 1. The molecule has 5 unspecified atom stereocenters. The van der Waals surface area contributed by atoms with Gasteiger partial charge in [0.1, 0.15) is 36.9 Å². The molecule has 3 heterocycles. The van der Waals surface area contributed by atoms with Gasteiger partial charge in [-0.05, 0) is 69.1 Å². The molecule has 69 heavy (non-hydrogen) atoms. The van der Waals surface area contributed by atoms with Crippen molar-refractivity contribution in [3.8, 4) is 11.1 Å². The molecule has 2 bridgehead atoms. The van der Waals surface area contributed by atoms with Gasteiger partial charge in [-0.15, -0.1) is 11.3 Å². The molecule has 17 heteroatoms. The Morgan fingerprint density at radius 1 is 0.580 bits per heavy atom. The van der Waals surface area contributed by atoms with Gasteiger partial charge in [-0.1, -0.05) is 115 Å². The molecule has 2 aliphatic heterocycles. The molecule has 16 nitrogen and oxygen atoms in total. The van der Waals surface area contributed by atoms with Crippen LogP contribution in [0.1, 0.15) is 33.6 Å². The number of aliphatic carboxylic acids is 1. The molecule has 5 aromatic carbocycles. The van der Waals surface area contributed by atoms with Crippen LogP contribution in [-0.4, -0.2) is 82.1 Å². The zero-order valence-electron chi connectivity index (χ0n) is 37.1. The zero-order valence-corrected chi connectivity index (χ0v) is 37.9. The number of fused-ring (bicyclic) bond motifs is 18. The minimum absolute atomic E-state index is 0.00567. The maximum atomic E-state index is 14.6. The molecule has 0 spiro atoms. The van der Waals surface area contributed by atoms with E-state index in [2.05, 4.69) is 31.9 Å². The lowest BCUT2D eigenvalue weighted by Gasteiger charge is -2.26. The van der Waals surface area contributed by atoms with Crippen LogP contribution in [0.25, 0.3) is 11.1 Å². The van der Waals surface area contributed by atoms with E-state index < -0.39 is 78.3 Å². The maximum Gasteiger partial charge on any atom is 0.411 e. The lowest BCUT2D eigenvalue weighted by atomic mass is 9.98. The van der Waals surface area contributed by atoms with E-state index >= 15 is 0 Å². The Kier molecular flexibility index (Phi) is 16.6. The summed E-state index contributed by atoms with van der Waals surface area (Å²) in [6.45, 7) is 0.119. The molecule has 354 valence electrons. The second-order valence-corrected chi connectivity index (χ2v) is 17.4. The number of aliphatic hydroxyl groups excluding tert-OH is 1. The van der Waals surface area contributed by atoms with Crippen LogP contribution in [0, 0.1) is 0 Å². The first kappa shape index (κ1) is 48.8. The number of carbonyl (C=O) groups excluding carboxylic acids is 6. The normalized spacial score (nSPS) is 19.4. The van der Waals surface area contributed by atoms with Crippen molar-refractivity contribution in [1.29, 1.82) is 0 Å². The highest BCUT2D eigenvalue weighted by molar-refractivity contribution is 7.09. The van der Waals surface area contributed by atoms with E-state index in [1.165, 1.54) is 23.5 Å². The third-order valence-corrected chi connectivity index (χ3v) is 12.1. The Morgan fingerprint density at radius 2 is 1.13 bits per heavy atom. The summed E-state index contributed by atoms with van der Waals surface area (Å²) in [6.07, 6.45) is -3.37. The molecule has 0 saturated heterocycles. The number of hydrogen-bond acceptors (Lipinski definition) is 10. The SMILES string of the molecule is O=C1CC(O)C(=O)Nc2ccc(cc2)CC(C(=O)O)NC(=O)C(Cc2ccccc2)NC(=O)C(Cc2ccc(-c3ccc(NC(=O)OCc4ccccc4)cc3)cc2)NC(=O)C(Cc2cccs2)N1. The van der Waals surface area contributed by atoms with Crippen molar-refractivity contribution in [3.63, 3.8) is 0 Å². The van der Waals surface area contributed by atoms with Crippen molar-refractivity contribution in [1.82, 2.24) is 21.3 Å². The number of carboxylic acid groups (broad SMARTS) is 1. The van der Waals surface area contributed by atoms with E-state index in [1.807, 2.05) is 54.6 Å². The first-order valence-corrected chi connectivity index (χ1v) is 23.0. The van der Waals surface area contributed by atoms with Gasteiger partial charge < -0.3 is 41.5 Å². The van der Waals surface area contributed by atoms with Crippen molar-refractivity contribution in [2.24, 2.45) is 0 Å². The molecule has 0 saturated carbocycles. The van der Waals surface area contributed by atoms with Crippen LogP contribution in [0.15, 0.2) is 151 Å². The summed E-state index contributed by atoms with van der Waals surface area (Å²) in [5.41, 5.74) is 5.02. The molecule has 0 radical (unpaired) electrons. The summed E-state index contributed by atoms with van der Waals surface area (Å²) in [4.78, 5) is 95.1. The lowest BCUT2D eigenvalue weighted by Crippen LogP contribution is -2.59. The first-order valence-electron chi connectivity index (χ1n) is 22.1. The van der Waals surface area contributed by atoms with Crippen molar-refractivity contribution in [2.75, 3.05) is 10.6 Å². The van der Waals surface area contributed by atoms with Gasteiger partial charge in [0.15, 0.2) is 0 Å². The second-order valence-electron chi connectivity index (χ2n) is 16.4. The summed E-state index contributed by atoms with van der Waals surface area (Å²) in [5.74, 6) is -5.34. The number of aliphatic hydroxyl groups is 1. The molecule has 6 aromatic rings.